The summed E-state index contributed by atoms with van der Waals surface area (Å²) in [7, 11) is 0. The predicted molar refractivity (Wildman–Crippen MR) is 89.9 cm³/mol. The molecule has 26 heavy (non-hydrogen) atoms. The van der Waals surface area contributed by atoms with Gasteiger partial charge in [-0.1, -0.05) is 23.4 Å². The molecule has 0 spiro atoms. The van der Waals surface area contributed by atoms with Crippen LogP contribution in [0.25, 0.3) is 11.5 Å². The van der Waals surface area contributed by atoms with Crippen molar-refractivity contribution in [1.82, 2.24) is 14.9 Å². The minimum Gasteiger partial charge on any atom is -0.461 e. The third-order valence-corrected chi connectivity index (χ3v) is 3.69. The fourth-order valence-corrected chi connectivity index (χ4v) is 2.43. The lowest BCUT2D eigenvalue weighted by molar-refractivity contribution is 0.101. The minimum atomic E-state index is -0.447. The Bertz CT molecular complexity index is 1040. The fourth-order valence-electron chi connectivity index (χ4n) is 2.43. The van der Waals surface area contributed by atoms with Gasteiger partial charge in [0.15, 0.2) is 11.5 Å². The van der Waals surface area contributed by atoms with Crippen molar-refractivity contribution in [2.45, 2.75) is 6.54 Å². The molecule has 0 fully saturated rings. The van der Waals surface area contributed by atoms with Crippen molar-refractivity contribution < 1.29 is 18.1 Å². The summed E-state index contributed by atoms with van der Waals surface area (Å²) in [4.78, 5) is 12.3. The molecule has 3 heterocycles. The molecule has 0 atom stereocenters. The van der Waals surface area contributed by atoms with Crippen LogP contribution in [0, 0.1) is 5.82 Å². The molecule has 0 saturated carbocycles. The molecule has 1 amide bonds. The van der Waals surface area contributed by atoms with Crippen LogP contribution in [0.5, 0.6) is 0 Å². The Morgan fingerprint density at radius 2 is 2.08 bits per heavy atom. The highest BCUT2D eigenvalue weighted by Gasteiger charge is 2.16. The largest absolute Gasteiger partial charge is 0.461 e. The van der Waals surface area contributed by atoms with Crippen molar-refractivity contribution in [3.63, 3.8) is 0 Å². The number of carbonyl (C=O) groups is 1. The van der Waals surface area contributed by atoms with E-state index >= 15 is 0 Å². The molecule has 3 aromatic heterocycles. The number of hydrogen-bond acceptors (Lipinski definition) is 5. The van der Waals surface area contributed by atoms with Gasteiger partial charge < -0.3 is 14.3 Å². The lowest BCUT2D eigenvalue weighted by Gasteiger charge is -2.03. The Morgan fingerprint density at radius 1 is 1.19 bits per heavy atom. The number of furan rings is 1. The van der Waals surface area contributed by atoms with E-state index in [0.717, 1.165) is 0 Å². The lowest BCUT2D eigenvalue weighted by atomic mass is 10.2. The molecule has 130 valence electrons. The molecule has 8 heteroatoms. The van der Waals surface area contributed by atoms with Crippen LogP contribution in [0.15, 0.2) is 70.1 Å². The zero-order valence-electron chi connectivity index (χ0n) is 13.4. The van der Waals surface area contributed by atoms with Crippen molar-refractivity contribution in [3.8, 4) is 11.5 Å². The Hall–Kier alpha value is -3.68. The lowest BCUT2D eigenvalue weighted by Crippen LogP contribution is -2.11. The Kier molecular flexibility index (Phi) is 4.06. The number of rotatable bonds is 5. The first kappa shape index (κ1) is 15.8. The highest BCUT2D eigenvalue weighted by atomic mass is 19.1. The summed E-state index contributed by atoms with van der Waals surface area (Å²) in [6.07, 6.45) is 4.59. The van der Waals surface area contributed by atoms with Gasteiger partial charge in [-0.25, -0.2) is 4.39 Å². The molecule has 4 aromatic rings. The molecule has 0 aliphatic carbocycles. The molecule has 0 radical (unpaired) electrons. The van der Waals surface area contributed by atoms with Gasteiger partial charge in [-0.2, -0.15) is 5.10 Å². The average Bonchev–Trinajstić information content (AvgIpc) is 3.38. The Balaban J connectivity index is 1.44. The van der Waals surface area contributed by atoms with Crippen LogP contribution >= 0.6 is 0 Å². The van der Waals surface area contributed by atoms with E-state index in [4.69, 9.17) is 8.94 Å². The van der Waals surface area contributed by atoms with Crippen molar-refractivity contribution in [2.24, 2.45) is 0 Å². The third-order valence-electron chi connectivity index (χ3n) is 3.69. The molecule has 0 bridgehead atoms. The van der Waals surface area contributed by atoms with Crippen LogP contribution in [0.2, 0.25) is 0 Å². The zero-order chi connectivity index (χ0) is 17.9. The van der Waals surface area contributed by atoms with Gasteiger partial charge in [0, 0.05) is 17.8 Å². The number of halogens is 1. The summed E-state index contributed by atoms with van der Waals surface area (Å²) in [6, 6.07) is 11.4. The van der Waals surface area contributed by atoms with E-state index in [2.05, 4.69) is 15.6 Å². The van der Waals surface area contributed by atoms with E-state index < -0.39 is 5.91 Å². The summed E-state index contributed by atoms with van der Waals surface area (Å²) in [5, 5.41) is 10.5. The number of nitrogens with zero attached hydrogens (tertiary/aromatic N) is 3. The Labute approximate surface area is 147 Å². The van der Waals surface area contributed by atoms with Crippen LogP contribution in [0.1, 0.15) is 16.1 Å². The van der Waals surface area contributed by atoms with Gasteiger partial charge in [0.2, 0.25) is 5.76 Å². The van der Waals surface area contributed by atoms with Crippen LogP contribution in [-0.2, 0) is 6.54 Å². The summed E-state index contributed by atoms with van der Waals surface area (Å²) >= 11 is 0. The monoisotopic (exact) mass is 352 g/mol. The first-order chi connectivity index (χ1) is 12.7. The summed E-state index contributed by atoms with van der Waals surface area (Å²) in [6.45, 7) is 0.259. The molecule has 0 unspecified atom stereocenters. The quantitative estimate of drug-likeness (QED) is 0.593. The first-order valence-corrected chi connectivity index (χ1v) is 7.77. The molecule has 4 rings (SSSR count). The number of carbonyl (C=O) groups excluding carboxylic acids is 1. The van der Waals surface area contributed by atoms with Gasteiger partial charge in [0.05, 0.1) is 24.7 Å². The third kappa shape index (κ3) is 3.25. The standard InChI is InChI=1S/C18H13FN4O3/c19-14-5-2-1-4-12(14)10-23-11-13(9-20-23)21-18(24)15-8-17(26-22-15)16-6-3-7-25-16/h1-9,11H,10H2,(H,21,24). The van der Waals surface area contributed by atoms with E-state index in [1.165, 1.54) is 29.3 Å². The number of amides is 1. The van der Waals surface area contributed by atoms with Crippen molar-refractivity contribution in [3.05, 3.63) is 78.2 Å². The van der Waals surface area contributed by atoms with Crippen LogP contribution < -0.4 is 5.32 Å². The average molecular weight is 352 g/mol. The maximum Gasteiger partial charge on any atom is 0.277 e. The number of hydrogen-bond donors (Lipinski definition) is 1. The zero-order valence-corrected chi connectivity index (χ0v) is 13.4. The smallest absolute Gasteiger partial charge is 0.277 e. The van der Waals surface area contributed by atoms with Crippen molar-refractivity contribution in [2.75, 3.05) is 5.32 Å². The van der Waals surface area contributed by atoms with Gasteiger partial charge >= 0.3 is 0 Å². The van der Waals surface area contributed by atoms with Gasteiger partial charge in [-0.05, 0) is 18.2 Å². The topological polar surface area (TPSA) is 86.1 Å². The van der Waals surface area contributed by atoms with Crippen LogP contribution in [0.3, 0.4) is 0 Å². The SMILES string of the molecule is O=C(Nc1cnn(Cc2ccccc2F)c1)c1cc(-c2ccco2)on1. The van der Waals surface area contributed by atoms with Crippen molar-refractivity contribution in [1.29, 1.82) is 0 Å². The highest BCUT2D eigenvalue weighted by molar-refractivity contribution is 6.03. The minimum absolute atomic E-state index is 0.109. The van der Waals surface area contributed by atoms with E-state index in [1.54, 1.807) is 36.5 Å². The summed E-state index contributed by atoms with van der Waals surface area (Å²) in [5.41, 5.74) is 1.08. The molecule has 1 N–H and O–H groups in total. The molecule has 0 saturated heterocycles. The van der Waals surface area contributed by atoms with Crippen molar-refractivity contribution >= 4 is 11.6 Å². The van der Waals surface area contributed by atoms with Gasteiger partial charge in [-0.15, -0.1) is 0 Å². The molecular formula is C18H13FN4O3. The molecule has 1 aromatic carbocycles. The van der Waals surface area contributed by atoms with Gasteiger partial charge in [0.1, 0.15) is 5.82 Å². The number of aromatic nitrogens is 3. The predicted octanol–water partition coefficient (Wildman–Crippen LogP) is 3.57. The van der Waals surface area contributed by atoms with Gasteiger partial charge in [-0.3, -0.25) is 9.48 Å². The molecule has 0 aliphatic heterocycles. The maximum atomic E-state index is 13.7. The van der Waals surface area contributed by atoms with E-state index in [1.807, 2.05) is 0 Å². The van der Waals surface area contributed by atoms with E-state index in [-0.39, 0.29) is 18.1 Å². The number of benzene rings is 1. The van der Waals surface area contributed by atoms with Gasteiger partial charge in [0.25, 0.3) is 5.91 Å². The molecule has 7 nitrogen and oxygen atoms in total. The van der Waals surface area contributed by atoms with E-state index in [0.29, 0.717) is 22.8 Å². The van der Waals surface area contributed by atoms with E-state index in [9.17, 15) is 9.18 Å². The maximum absolute atomic E-state index is 13.7. The highest BCUT2D eigenvalue weighted by Crippen LogP contribution is 2.21. The second-order valence-electron chi connectivity index (χ2n) is 5.53. The summed E-state index contributed by atoms with van der Waals surface area (Å²) < 4.78 is 25.5. The Morgan fingerprint density at radius 3 is 2.88 bits per heavy atom. The number of anilines is 1. The number of nitrogens with one attached hydrogen (secondary N) is 1. The van der Waals surface area contributed by atoms with Crippen LogP contribution in [0.4, 0.5) is 10.1 Å². The first-order valence-electron chi connectivity index (χ1n) is 7.77. The second kappa shape index (κ2) is 6.67. The molecular weight excluding hydrogens is 339 g/mol. The normalized spacial score (nSPS) is 10.8. The fraction of sp³-hybridized carbons (Fsp3) is 0.0556. The second-order valence-corrected chi connectivity index (χ2v) is 5.53. The summed E-state index contributed by atoms with van der Waals surface area (Å²) in [5.74, 6) is 0.0864. The molecule has 0 aliphatic rings. The van der Waals surface area contributed by atoms with Crippen LogP contribution in [-0.4, -0.2) is 20.8 Å².